The van der Waals surface area contributed by atoms with Gasteiger partial charge in [-0.1, -0.05) is 25.1 Å². The van der Waals surface area contributed by atoms with Crippen LogP contribution in [0.5, 0.6) is 5.75 Å². The highest BCUT2D eigenvalue weighted by atomic mass is 32.2. The lowest BCUT2D eigenvalue weighted by Crippen LogP contribution is -2.26. The van der Waals surface area contributed by atoms with Crippen LogP contribution in [0.4, 0.5) is 4.39 Å². The molecular weight excluding hydrogens is 383 g/mol. The molecule has 8 heteroatoms. The molecule has 0 aromatic heterocycles. The van der Waals surface area contributed by atoms with Crippen molar-refractivity contribution in [2.45, 2.75) is 39.2 Å². The third-order valence-corrected chi connectivity index (χ3v) is 5.15. The summed E-state index contributed by atoms with van der Waals surface area (Å²) in [7, 11) is -1.18. The monoisotopic (exact) mass is 414 g/mol. The molecule has 0 radical (unpaired) electrons. The fraction of sp³-hybridized carbons (Fsp3) is 0.550. The van der Waals surface area contributed by atoms with Crippen LogP contribution in [-0.2, 0) is 20.5 Å². The molecule has 0 aliphatic carbocycles. The number of halogens is 1. The van der Waals surface area contributed by atoms with Gasteiger partial charge in [0.05, 0.1) is 24.1 Å². The topological polar surface area (TPSA) is 76.7 Å². The van der Waals surface area contributed by atoms with Crippen LogP contribution in [0.15, 0.2) is 30.9 Å². The first-order valence-electron chi connectivity index (χ1n) is 9.52. The van der Waals surface area contributed by atoms with Gasteiger partial charge in [0.1, 0.15) is 6.61 Å². The molecule has 0 aliphatic rings. The second kappa shape index (κ2) is 14.3. The average Bonchev–Trinajstić information content (AvgIpc) is 2.66. The summed E-state index contributed by atoms with van der Waals surface area (Å²) in [4.78, 5) is 11.2. The second-order valence-corrected chi connectivity index (χ2v) is 7.56. The van der Waals surface area contributed by atoms with Crippen molar-refractivity contribution in [1.82, 2.24) is 10.0 Å². The molecule has 0 saturated heterocycles. The summed E-state index contributed by atoms with van der Waals surface area (Å²) >= 11 is 0. The number of unbranched alkanes of at least 4 members (excludes halogenated alkanes) is 2. The minimum absolute atomic E-state index is 0.159. The molecule has 28 heavy (non-hydrogen) atoms. The molecule has 6 nitrogen and oxygen atoms in total. The number of hydrogen-bond acceptors (Lipinski definition) is 5. The number of benzene rings is 1. The lowest BCUT2D eigenvalue weighted by Gasteiger charge is -2.15. The maximum Gasteiger partial charge on any atom is 0.319 e. The number of rotatable bonds is 15. The van der Waals surface area contributed by atoms with E-state index in [9.17, 15) is 13.4 Å². The first-order valence-corrected chi connectivity index (χ1v) is 10.8. The van der Waals surface area contributed by atoms with Crippen LogP contribution in [0.25, 0.3) is 0 Å². The Morgan fingerprint density at radius 2 is 2.14 bits per heavy atom. The van der Waals surface area contributed by atoms with Gasteiger partial charge in [-0.05, 0) is 50.9 Å². The molecule has 0 amide bonds. The van der Waals surface area contributed by atoms with Crippen LogP contribution in [0.2, 0.25) is 0 Å². The molecule has 0 heterocycles. The zero-order valence-electron chi connectivity index (χ0n) is 16.7. The van der Waals surface area contributed by atoms with Gasteiger partial charge in [-0.3, -0.25) is 4.79 Å². The molecule has 1 rings (SSSR count). The van der Waals surface area contributed by atoms with E-state index in [2.05, 4.69) is 16.6 Å². The maximum atomic E-state index is 13.7. The Kier molecular flexibility index (Phi) is 12.4. The summed E-state index contributed by atoms with van der Waals surface area (Å²) < 4.78 is 39.1. The summed E-state index contributed by atoms with van der Waals surface area (Å²) in [5.41, 5.74) is 0.803. The van der Waals surface area contributed by atoms with E-state index >= 15 is 0 Å². The van der Waals surface area contributed by atoms with Gasteiger partial charge in [0.2, 0.25) is 0 Å². The van der Waals surface area contributed by atoms with E-state index in [1.54, 1.807) is 25.1 Å². The normalized spacial score (nSPS) is 13.0. The first kappa shape index (κ1) is 24.3. The number of carbonyl (C=O) groups excluding carboxylic acids is 1. The number of carbonyl (C=O) groups is 1. The fourth-order valence-electron chi connectivity index (χ4n) is 2.44. The summed E-state index contributed by atoms with van der Waals surface area (Å²) in [5, 5.41) is 3.02. The zero-order chi connectivity index (χ0) is 20.8. The van der Waals surface area contributed by atoms with Crippen molar-refractivity contribution in [1.29, 1.82) is 0 Å². The van der Waals surface area contributed by atoms with Gasteiger partial charge >= 0.3 is 5.97 Å². The molecule has 2 atom stereocenters. The third-order valence-electron chi connectivity index (χ3n) is 3.88. The van der Waals surface area contributed by atoms with Crippen LogP contribution >= 0.6 is 0 Å². The quantitative estimate of drug-likeness (QED) is 0.262. The smallest absolute Gasteiger partial charge is 0.319 e. The molecule has 0 saturated carbocycles. The summed E-state index contributed by atoms with van der Waals surface area (Å²) in [6, 6.07) is 4.42. The van der Waals surface area contributed by atoms with E-state index < -0.39 is 16.8 Å². The third kappa shape index (κ3) is 9.96. The van der Waals surface area contributed by atoms with E-state index in [-0.39, 0.29) is 30.9 Å². The van der Waals surface area contributed by atoms with E-state index in [4.69, 9.17) is 9.47 Å². The van der Waals surface area contributed by atoms with Crippen molar-refractivity contribution < 1.29 is 22.9 Å². The predicted molar refractivity (Wildman–Crippen MR) is 110 cm³/mol. The highest BCUT2D eigenvalue weighted by Crippen LogP contribution is 2.23. The van der Waals surface area contributed by atoms with Gasteiger partial charge in [0.25, 0.3) is 0 Å². The van der Waals surface area contributed by atoms with Crippen LogP contribution < -0.4 is 14.8 Å². The van der Waals surface area contributed by atoms with Gasteiger partial charge in [0.15, 0.2) is 11.6 Å². The fourth-order valence-corrected chi connectivity index (χ4v) is 3.55. The molecule has 0 fully saturated rings. The Hall–Kier alpha value is -1.77. The van der Waals surface area contributed by atoms with Crippen molar-refractivity contribution in [3.8, 4) is 5.75 Å². The molecule has 0 bridgehead atoms. The van der Waals surface area contributed by atoms with Gasteiger partial charge < -0.3 is 14.8 Å². The van der Waals surface area contributed by atoms with Gasteiger partial charge in [-0.15, -0.1) is 0 Å². The van der Waals surface area contributed by atoms with Crippen molar-refractivity contribution >= 4 is 17.0 Å². The van der Waals surface area contributed by atoms with E-state index in [0.29, 0.717) is 12.4 Å². The number of hydrogen-bond donors (Lipinski definition) is 2. The highest BCUT2D eigenvalue weighted by molar-refractivity contribution is 7.83. The van der Waals surface area contributed by atoms with Crippen LogP contribution in [0.1, 0.15) is 44.7 Å². The number of esters is 1. The number of ether oxygens (including phenoxy) is 2. The summed E-state index contributed by atoms with van der Waals surface area (Å²) in [6.45, 7) is 8.75. The largest absolute Gasteiger partial charge is 0.486 e. The Morgan fingerprint density at radius 1 is 1.36 bits per heavy atom. The van der Waals surface area contributed by atoms with Crippen molar-refractivity contribution in [2.24, 2.45) is 0 Å². The average molecular weight is 415 g/mol. The van der Waals surface area contributed by atoms with Crippen LogP contribution in [-0.4, -0.2) is 42.2 Å². The molecule has 0 spiro atoms. The summed E-state index contributed by atoms with van der Waals surface area (Å²) in [5.74, 6) is 0.00624. The highest BCUT2D eigenvalue weighted by Gasteiger charge is 2.12. The van der Waals surface area contributed by atoms with Gasteiger partial charge in [-0.25, -0.2) is 13.3 Å². The lowest BCUT2D eigenvalue weighted by atomic mass is 10.1. The Bertz CT molecular complexity index is 643. The standard InChI is InChI=1S/C20H31FN2O4S/c1-4-12-27-19-14-17(9-10-18(19)21)16(3)23-28(25)13-8-6-7-11-22-15-20(24)26-5-2/h4,9-10,14,16,22-23H,1,5-8,11-13,15H2,2-3H3/t16-,28?/m0/s1. The van der Waals surface area contributed by atoms with Gasteiger partial charge in [-0.2, -0.15) is 0 Å². The van der Waals surface area contributed by atoms with Crippen LogP contribution in [0.3, 0.4) is 0 Å². The van der Waals surface area contributed by atoms with Crippen LogP contribution in [0, 0.1) is 5.82 Å². The van der Waals surface area contributed by atoms with Crippen molar-refractivity contribution in [3.05, 3.63) is 42.2 Å². The number of nitrogens with one attached hydrogen (secondary N) is 2. The van der Waals surface area contributed by atoms with E-state index in [1.165, 1.54) is 6.07 Å². The Morgan fingerprint density at radius 3 is 2.86 bits per heavy atom. The molecule has 1 unspecified atom stereocenters. The van der Waals surface area contributed by atoms with Crippen molar-refractivity contribution in [2.75, 3.05) is 32.1 Å². The Balaban J connectivity index is 2.26. The molecule has 2 N–H and O–H groups in total. The minimum Gasteiger partial charge on any atom is -0.486 e. The minimum atomic E-state index is -1.18. The van der Waals surface area contributed by atoms with E-state index in [0.717, 1.165) is 31.4 Å². The first-order chi connectivity index (χ1) is 13.5. The zero-order valence-corrected chi connectivity index (χ0v) is 17.5. The molecular formula is C20H31FN2O4S. The predicted octanol–water partition coefficient (Wildman–Crippen LogP) is 3.03. The Labute approximate surface area is 169 Å². The van der Waals surface area contributed by atoms with Crippen molar-refractivity contribution in [3.63, 3.8) is 0 Å². The SMILES string of the molecule is C=CCOc1cc([C@H](C)NS(=O)CCCCCNCC(=O)OCC)ccc1F. The maximum absolute atomic E-state index is 13.7. The van der Waals surface area contributed by atoms with E-state index in [1.807, 2.05) is 6.92 Å². The molecule has 1 aromatic rings. The lowest BCUT2D eigenvalue weighted by molar-refractivity contribution is -0.141. The second-order valence-electron chi connectivity index (χ2n) is 6.22. The molecule has 1 aromatic carbocycles. The van der Waals surface area contributed by atoms with Gasteiger partial charge in [0, 0.05) is 11.8 Å². The molecule has 158 valence electrons. The summed E-state index contributed by atoms with van der Waals surface area (Å²) in [6.07, 6.45) is 4.17. The molecule has 0 aliphatic heterocycles.